The Hall–Kier alpha value is -1.26. The molecule has 2 aromatic rings. The molecule has 100 valence electrons. The smallest absolute Gasteiger partial charge is 0.115 e. The van der Waals surface area contributed by atoms with Crippen LogP contribution in [0.15, 0.2) is 24.5 Å². The molecule has 1 aliphatic carbocycles. The Morgan fingerprint density at radius 2 is 2.21 bits per heavy atom. The number of fused-ring (bicyclic) bond motifs is 1. The van der Waals surface area contributed by atoms with Crippen LogP contribution in [0.5, 0.6) is 0 Å². The first-order chi connectivity index (χ1) is 9.24. The first-order valence-corrected chi connectivity index (χ1v) is 7.70. The molecule has 0 aromatic carbocycles. The third-order valence-corrected chi connectivity index (χ3v) is 4.60. The van der Waals surface area contributed by atoms with Crippen LogP contribution in [0.1, 0.15) is 47.5 Å². The van der Waals surface area contributed by atoms with E-state index < -0.39 is 0 Å². The Morgan fingerprint density at radius 3 is 2.89 bits per heavy atom. The number of nitrogens with one attached hydrogen (secondary N) is 1. The second-order valence-corrected chi connectivity index (χ2v) is 6.43. The molecule has 3 rings (SSSR count). The summed E-state index contributed by atoms with van der Waals surface area (Å²) in [5, 5.41) is 4.80. The summed E-state index contributed by atoms with van der Waals surface area (Å²) in [5.74, 6) is 0. The molecule has 3 nitrogen and oxygen atoms in total. The lowest BCUT2D eigenvalue weighted by Gasteiger charge is -2.19. The minimum Gasteiger partial charge on any atom is -0.302 e. The van der Waals surface area contributed by atoms with E-state index in [0.29, 0.717) is 6.04 Å². The molecule has 2 aromatic heterocycles. The van der Waals surface area contributed by atoms with Gasteiger partial charge >= 0.3 is 0 Å². The molecular formula is C15H19N3S. The van der Waals surface area contributed by atoms with Gasteiger partial charge < -0.3 is 5.32 Å². The minimum absolute atomic E-state index is 0.171. The van der Waals surface area contributed by atoms with Crippen LogP contribution in [0.3, 0.4) is 0 Å². The monoisotopic (exact) mass is 273 g/mol. The Labute approximate surface area is 118 Å². The normalized spacial score (nSPS) is 15.7. The number of hydrogen-bond acceptors (Lipinski definition) is 4. The molecule has 0 fully saturated rings. The lowest BCUT2D eigenvalue weighted by atomic mass is 10.1. The predicted molar refractivity (Wildman–Crippen MR) is 78.5 cm³/mol. The van der Waals surface area contributed by atoms with Crippen LogP contribution in [0.25, 0.3) is 0 Å². The van der Waals surface area contributed by atoms with E-state index in [2.05, 4.69) is 30.2 Å². The molecule has 1 unspecified atom stereocenters. The van der Waals surface area contributed by atoms with Crippen LogP contribution in [0.2, 0.25) is 0 Å². The zero-order valence-electron chi connectivity index (χ0n) is 11.4. The lowest BCUT2D eigenvalue weighted by Crippen LogP contribution is -2.29. The van der Waals surface area contributed by atoms with Crippen molar-refractivity contribution in [1.82, 2.24) is 15.3 Å². The summed E-state index contributed by atoms with van der Waals surface area (Å²) in [6.45, 7) is 4.34. The van der Waals surface area contributed by atoms with Gasteiger partial charge in [0.15, 0.2) is 0 Å². The maximum Gasteiger partial charge on any atom is 0.115 e. The average Bonchev–Trinajstić information content (AvgIpc) is 2.97. The highest BCUT2D eigenvalue weighted by Crippen LogP contribution is 2.33. The van der Waals surface area contributed by atoms with Crippen LogP contribution in [0, 0.1) is 0 Å². The summed E-state index contributed by atoms with van der Waals surface area (Å²) in [6, 6.07) is 4.71. The second-order valence-electron chi connectivity index (χ2n) is 5.32. The van der Waals surface area contributed by atoms with Crippen molar-refractivity contribution < 1.29 is 0 Å². The van der Waals surface area contributed by atoms with Crippen molar-refractivity contribution in [3.63, 3.8) is 0 Å². The Bertz CT molecular complexity index is 526. The van der Waals surface area contributed by atoms with Gasteiger partial charge in [-0.1, -0.05) is 6.07 Å². The van der Waals surface area contributed by atoms with Gasteiger partial charge in [0.1, 0.15) is 5.01 Å². The molecule has 0 saturated heterocycles. The fraction of sp³-hybridized carbons (Fsp3) is 0.467. The van der Waals surface area contributed by atoms with Crippen LogP contribution in [-0.4, -0.2) is 16.0 Å². The van der Waals surface area contributed by atoms with Crippen molar-refractivity contribution in [2.24, 2.45) is 0 Å². The van der Waals surface area contributed by atoms with Gasteiger partial charge in [-0.25, -0.2) is 4.98 Å². The van der Waals surface area contributed by atoms with Crippen molar-refractivity contribution in [1.29, 1.82) is 0 Å². The van der Waals surface area contributed by atoms with E-state index in [-0.39, 0.29) is 6.04 Å². The molecule has 1 aliphatic rings. The first kappa shape index (κ1) is 12.8. The Kier molecular flexibility index (Phi) is 3.62. The number of aryl methyl sites for hydroxylation is 2. The van der Waals surface area contributed by atoms with E-state index in [9.17, 15) is 0 Å². The molecule has 0 aliphatic heterocycles. The van der Waals surface area contributed by atoms with E-state index >= 15 is 0 Å². The topological polar surface area (TPSA) is 37.8 Å². The van der Waals surface area contributed by atoms with Gasteiger partial charge in [0.05, 0.1) is 11.7 Å². The number of aromatic nitrogens is 2. The average molecular weight is 273 g/mol. The van der Waals surface area contributed by atoms with Gasteiger partial charge in [0.2, 0.25) is 0 Å². The predicted octanol–water partition coefficient (Wildman–Crippen LogP) is 3.11. The minimum atomic E-state index is 0.171. The third-order valence-electron chi connectivity index (χ3n) is 3.38. The maximum atomic E-state index is 4.85. The van der Waals surface area contributed by atoms with Gasteiger partial charge in [-0.05, 0) is 44.7 Å². The third kappa shape index (κ3) is 2.69. The maximum absolute atomic E-state index is 4.85. The van der Waals surface area contributed by atoms with Crippen molar-refractivity contribution in [2.45, 2.75) is 45.2 Å². The van der Waals surface area contributed by atoms with E-state index in [4.69, 9.17) is 4.98 Å². The SMILES string of the molecule is CC(C)NC(c1cccnc1)c1nc2c(s1)CCC2. The van der Waals surface area contributed by atoms with Gasteiger partial charge in [0, 0.05) is 23.3 Å². The summed E-state index contributed by atoms with van der Waals surface area (Å²) in [5.41, 5.74) is 2.52. The van der Waals surface area contributed by atoms with E-state index in [1.807, 2.05) is 29.8 Å². The molecule has 2 heterocycles. The molecule has 19 heavy (non-hydrogen) atoms. The molecule has 0 radical (unpaired) electrons. The van der Waals surface area contributed by atoms with Crippen molar-refractivity contribution in [3.05, 3.63) is 45.7 Å². The zero-order valence-corrected chi connectivity index (χ0v) is 12.2. The highest BCUT2D eigenvalue weighted by atomic mass is 32.1. The second kappa shape index (κ2) is 5.39. The van der Waals surface area contributed by atoms with Crippen molar-refractivity contribution >= 4 is 11.3 Å². The summed E-state index contributed by atoms with van der Waals surface area (Å²) in [4.78, 5) is 10.6. The van der Waals surface area contributed by atoms with Gasteiger partial charge in [0.25, 0.3) is 0 Å². The van der Waals surface area contributed by atoms with Crippen molar-refractivity contribution in [3.8, 4) is 0 Å². The molecule has 0 amide bonds. The number of nitrogens with zero attached hydrogens (tertiary/aromatic N) is 2. The van der Waals surface area contributed by atoms with Gasteiger partial charge in [-0.15, -0.1) is 11.3 Å². The first-order valence-electron chi connectivity index (χ1n) is 6.88. The fourth-order valence-corrected chi connectivity index (χ4v) is 3.77. The number of thiazole rings is 1. The fourth-order valence-electron chi connectivity index (χ4n) is 2.52. The van der Waals surface area contributed by atoms with Crippen LogP contribution >= 0.6 is 11.3 Å². The summed E-state index contributed by atoms with van der Waals surface area (Å²) in [6.07, 6.45) is 7.37. The van der Waals surface area contributed by atoms with Gasteiger partial charge in [-0.2, -0.15) is 0 Å². The van der Waals surface area contributed by atoms with E-state index in [1.165, 1.54) is 34.0 Å². The molecule has 4 heteroatoms. The quantitative estimate of drug-likeness (QED) is 0.930. The molecule has 0 saturated carbocycles. The molecule has 1 N–H and O–H groups in total. The Balaban J connectivity index is 1.94. The van der Waals surface area contributed by atoms with Crippen LogP contribution in [0.4, 0.5) is 0 Å². The summed E-state index contributed by atoms with van der Waals surface area (Å²) in [7, 11) is 0. The Morgan fingerprint density at radius 1 is 1.32 bits per heavy atom. The van der Waals surface area contributed by atoms with E-state index in [1.54, 1.807) is 0 Å². The summed E-state index contributed by atoms with van der Waals surface area (Å²) < 4.78 is 0. The molecule has 0 spiro atoms. The number of hydrogen-bond donors (Lipinski definition) is 1. The molecule has 0 bridgehead atoms. The molecule has 1 atom stereocenters. The zero-order chi connectivity index (χ0) is 13.2. The number of rotatable bonds is 4. The lowest BCUT2D eigenvalue weighted by molar-refractivity contribution is 0.525. The highest BCUT2D eigenvalue weighted by molar-refractivity contribution is 7.11. The largest absolute Gasteiger partial charge is 0.302 e. The highest BCUT2D eigenvalue weighted by Gasteiger charge is 2.23. The standard InChI is InChI=1S/C15H19N3S/c1-10(2)17-14(11-5-4-8-16-9-11)15-18-12-6-3-7-13(12)19-15/h4-5,8-10,14,17H,3,6-7H2,1-2H3. The van der Waals surface area contributed by atoms with Crippen LogP contribution in [-0.2, 0) is 12.8 Å². The molecular weight excluding hydrogens is 254 g/mol. The van der Waals surface area contributed by atoms with E-state index in [0.717, 1.165) is 6.42 Å². The number of pyridine rings is 1. The summed E-state index contributed by atoms with van der Waals surface area (Å²) >= 11 is 1.87. The van der Waals surface area contributed by atoms with Crippen LogP contribution < -0.4 is 5.32 Å². The van der Waals surface area contributed by atoms with Crippen molar-refractivity contribution in [2.75, 3.05) is 0 Å². The van der Waals surface area contributed by atoms with Gasteiger partial charge in [-0.3, -0.25) is 4.98 Å².